The Bertz CT molecular complexity index is 1020. The molecular formula is C21H22FNO5S. The van der Waals surface area contributed by atoms with E-state index in [4.69, 9.17) is 4.74 Å². The van der Waals surface area contributed by atoms with Gasteiger partial charge in [-0.05, 0) is 61.2 Å². The number of sulfonamides is 1. The number of ketones is 1. The van der Waals surface area contributed by atoms with Crippen LogP contribution in [0.25, 0.3) is 0 Å². The first-order chi connectivity index (χ1) is 13.8. The van der Waals surface area contributed by atoms with Gasteiger partial charge in [0.25, 0.3) is 0 Å². The number of benzene rings is 2. The van der Waals surface area contributed by atoms with Gasteiger partial charge in [0.05, 0.1) is 11.4 Å². The van der Waals surface area contributed by atoms with Crippen molar-refractivity contribution in [1.82, 2.24) is 0 Å². The van der Waals surface area contributed by atoms with Crippen LogP contribution in [0, 0.1) is 5.82 Å². The predicted molar refractivity (Wildman–Crippen MR) is 107 cm³/mol. The second kappa shape index (κ2) is 8.73. The Balaban J connectivity index is 1.55. The number of Topliss-reactive ketones (excluding diaryl/α,β-unsaturated/α-hetero) is 1. The fraction of sp³-hybridized carbons (Fsp3) is 0.333. The van der Waals surface area contributed by atoms with Gasteiger partial charge in [0.1, 0.15) is 5.82 Å². The van der Waals surface area contributed by atoms with Crippen molar-refractivity contribution in [3.05, 3.63) is 65.0 Å². The average Bonchev–Trinajstić information content (AvgIpc) is 3.15. The van der Waals surface area contributed by atoms with Crippen LogP contribution in [0.4, 0.5) is 10.1 Å². The van der Waals surface area contributed by atoms with Crippen molar-refractivity contribution in [3.63, 3.8) is 0 Å². The quantitative estimate of drug-likeness (QED) is 0.486. The Kier molecular flexibility index (Phi) is 6.32. The Morgan fingerprint density at radius 3 is 2.55 bits per heavy atom. The maximum absolute atomic E-state index is 12.9. The van der Waals surface area contributed by atoms with Crippen LogP contribution in [0.2, 0.25) is 0 Å². The maximum Gasteiger partial charge on any atom is 0.306 e. The fourth-order valence-corrected chi connectivity index (χ4v) is 4.35. The van der Waals surface area contributed by atoms with Gasteiger partial charge >= 0.3 is 5.97 Å². The van der Waals surface area contributed by atoms with Gasteiger partial charge in [0.15, 0.2) is 12.4 Å². The van der Waals surface area contributed by atoms with Crippen molar-refractivity contribution in [2.24, 2.45) is 0 Å². The van der Waals surface area contributed by atoms with E-state index < -0.39 is 16.0 Å². The molecule has 0 unspecified atom stereocenters. The number of anilines is 1. The molecule has 0 aromatic heterocycles. The first kappa shape index (κ1) is 21.0. The molecule has 0 amide bonds. The van der Waals surface area contributed by atoms with E-state index in [9.17, 15) is 22.4 Å². The molecule has 154 valence electrons. The molecule has 29 heavy (non-hydrogen) atoms. The first-order valence-electron chi connectivity index (χ1n) is 9.37. The molecule has 6 nitrogen and oxygen atoms in total. The third-order valence-electron chi connectivity index (χ3n) is 4.85. The van der Waals surface area contributed by atoms with Gasteiger partial charge in [-0.15, -0.1) is 0 Å². The van der Waals surface area contributed by atoms with E-state index in [1.807, 2.05) is 0 Å². The van der Waals surface area contributed by atoms with Gasteiger partial charge in [-0.25, -0.2) is 12.8 Å². The minimum Gasteiger partial charge on any atom is -0.457 e. The van der Waals surface area contributed by atoms with Crippen LogP contribution in [0.5, 0.6) is 0 Å². The SMILES string of the molecule is CCS(=O)(=O)N1CCc2cc(C(=O)COC(=O)CCc3ccc(F)cc3)ccc21. The second-order valence-corrected chi connectivity index (χ2v) is 8.96. The van der Waals surface area contributed by atoms with E-state index in [0.29, 0.717) is 30.6 Å². The van der Waals surface area contributed by atoms with E-state index in [2.05, 4.69) is 0 Å². The van der Waals surface area contributed by atoms with Gasteiger partial charge in [-0.3, -0.25) is 13.9 Å². The summed E-state index contributed by atoms with van der Waals surface area (Å²) in [4.78, 5) is 24.2. The summed E-state index contributed by atoms with van der Waals surface area (Å²) in [7, 11) is -3.34. The van der Waals surface area contributed by atoms with E-state index in [1.54, 1.807) is 37.3 Å². The monoisotopic (exact) mass is 419 g/mol. The molecule has 0 bridgehead atoms. The van der Waals surface area contributed by atoms with Gasteiger partial charge < -0.3 is 4.74 Å². The van der Waals surface area contributed by atoms with Crippen molar-refractivity contribution in [2.45, 2.75) is 26.2 Å². The number of hydrogen-bond acceptors (Lipinski definition) is 5. The lowest BCUT2D eigenvalue weighted by Crippen LogP contribution is -2.30. The van der Waals surface area contributed by atoms with Crippen LogP contribution < -0.4 is 4.31 Å². The summed E-state index contributed by atoms with van der Waals surface area (Å²) in [6.07, 6.45) is 1.02. The zero-order valence-corrected chi connectivity index (χ0v) is 16.9. The number of carbonyl (C=O) groups is 2. The van der Waals surface area contributed by atoms with E-state index in [0.717, 1.165) is 11.1 Å². The van der Waals surface area contributed by atoms with Crippen LogP contribution in [0.15, 0.2) is 42.5 Å². The van der Waals surface area contributed by atoms with E-state index in [-0.39, 0.29) is 30.4 Å². The largest absolute Gasteiger partial charge is 0.457 e. The molecule has 1 aliphatic rings. The lowest BCUT2D eigenvalue weighted by Gasteiger charge is -2.18. The van der Waals surface area contributed by atoms with E-state index >= 15 is 0 Å². The lowest BCUT2D eigenvalue weighted by atomic mass is 10.1. The highest BCUT2D eigenvalue weighted by Crippen LogP contribution is 2.31. The van der Waals surface area contributed by atoms with Crippen molar-refractivity contribution < 1.29 is 27.1 Å². The van der Waals surface area contributed by atoms with Crippen molar-refractivity contribution in [3.8, 4) is 0 Å². The molecule has 0 N–H and O–H groups in total. The zero-order valence-electron chi connectivity index (χ0n) is 16.1. The number of rotatable bonds is 8. The van der Waals surface area contributed by atoms with Gasteiger partial charge in [-0.1, -0.05) is 12.1 Å². The summed E-state index contributed by atoms with van der Waals surface area (Å²) < 4.78 is 43.5. The number of halogens is 1. The number of nitrogens with zero attached hydrogens (tertiary/aromatic N) is 1. The lowest BCUT2D eigenvalue weighted by molar-refractivity contribution is -0.142. The number of fused-ring (bicyclic) bond motifs is 1. The van der Waals surface area contributed by atoms with Gasteiger partial charge in [0, 0.05) is 18.5 Å². The average molecular weight is 419 g/mol. The number of aryl methyl sites for hydroxylation is 1. The zero-order chi connectivity index (χ0) is 21.0. The van der Waals surface area contributed by atoms with E-state index in [1.165, 1.54) is 16.4 Å². The highest BCUT2D eigenvalue weighted by molar-refractivity contribution is 7.92. The topological polar surface area (TPSA) is 80.8 Å². The van der Waals surface area contributed by atoms with Crippen LogP contribution in [-0.4, -0.2) is 39.1 Å². The van der Waals surface area contributed by atoms with Crippen molar-refractivity contribution in [2.75, 3.05) is 23.2 Å². The molecule has 8 heteroatoms. The van der Waals surface area contributed by atoms with Crippen LogP contribution in [0.1, 0.15) is 34.8 Å². The number of hydrogen-bond donors (Lipinski definition) is 0. The Hall–Kier alpha value is -2.74. The van der Waals surface area contributed by atoms with Gasteiger partial charge in [-0.2, -0.15) is 0 Å². The summed E-state index contributed by atoms with van der Waals surface area (Å²) in [5.41, 5.74) is 2.57. The Morgan fingerprint density at radius 1 is 1.14 bits per heavy atom. The van der Waals surface area contributed by atoms with Crippen molar-refractivity contribution >= 4 is 27.5 Å². The molecule has 2 aromatic carbocycles. The molecule has 0 atom stereocenters. The molecule has 1 heterocycles. The first-order valence-corrected chi connectivity index (χ1v) is 11.0. The molecule has 0 saturated heterocycles. The molecule has 1 aliphatic heterocycles. The third-order valence-corrected chi connectivity index (χ3v) is 6.63. The molecule has 0 spiro atoms. The standard InChI is InChI=1S/C21H22FNO5S/c1-2-29(26,27)23-12-11-16-13-17(6-9-19(16)23)20(24)14-28-21(25)10-5-15-3-7-18(22)8-4-15/h3-4,6-9,13H,2,5,10-12,14H2,1H3. The second-order valence-electron chi connectivity index (χ2n) is 6.78. The summed E-state index contributed by atoms with van der Waals surface area (Å²) in [6, 6.07) is 10.7. The molecule has 0 aliphatic carbocycles. The summed E-state index contributed by atoms with van der Waals surface area (Å²) in [5.74, 6) is -1.18. The van der Waals surface area contributed by atoms with Crippen molar-refractivity contribution in [1.29, 1.82) is 0 Å². The highest BCUT2D eigenvalue weighted by Gasteiger charge is 2.28. The summed E-state index contributed by atoms with van der Waals surface area (Å²) in [6.45, 7) is 1.58. The van der Waals surface area contributed by atoms with Crippen LogP contribution >= 0.6 is 0 Å². The summed E-state index contributed by atoms with van der Waals surface area (Å²) in [5, 5.41) is 0. The van der Waals surface area contributed by atoms with Crippen LogP contribution in [-0.2, 0) is 32.4 Å². The third kappa shape index (κ3) is 5.00. The number of esters is 1. The molecule has 0 fully saturated rings. The predicted octanol–water partition coefficient (Wildman–Crippen LogP) is 2.90. The summed E-state index contributed by atoms with van der Waals surface area (Å²) >= 11 is 0. The minimum absolute atomic E-state index is 0.0149. The number of ether oxygens (including phenoxy) is 1. The molecule has 3 rings (SSSR count). The normalized spacial score (nSPS) is 13.2. The highest BCUT2D eigenvalue weighted by atomic mass is 32.2. The molecule has 0 radical (unpaired) electrons. The van der Waals surface area contributed by atoms with Crippen LogP contribution in [0.3, 0.4) is 0 Å². The molecule has 2 aromatic rings. The smallest absolute Gasteiger partial charge is 0.306 e. The Labute approximate surface area is 169 Å². The molecular weight excluding hydrogens is 397 g/mol. The van der Waals surface area contributed by atoms with Gasteiger partial charge in [0.2, 0.25) is 10.0 Å². The number of carbonyl (C=O) groups excluding carboxylic acids is 2. The minimum atomic E-state index is -3.34. The molecule has 0 saturated carbocycles. The maximum atomic E-state index is 12.9. The Morgan fingerprint density at radius 2 is 1.86 bits per heavy atom. The fourth-order valence-electron chi connectivity index (χ4n) is 3.19.